The lowest BCUT2D eigenvalue weighted by Gasteiger charge is -2.24. The summed E-state index contributed by atoms with van der Waals surface area (Å²) in [4.78, 5) is 34.3. The van der Waals surface area contributed by atoms with E-state index < -0.39 is 33.3 Å². The molecule has 0 saturated carbocycles. The number of sulfonamides is 1. The van der Waals surface area contributed by atoms with Crippen LogP contribution >= 0.6 is 0 Å². The molecule has 0 aromatic heterocycles. The van der Waals surface area contributed by atoms with Gasteiger partial charge >= 0.3 is 0 Å². The summed E-state index contributed by atoms with van der Waals surface area (Å²) >= 11 is 0. The molecule has 2 amide bonds. The van der Waals surface area contributed by atoms with Crippen molar-refractivity contribution in [3.05, 3.63) is 94.5 Å². The van der Waals surface area contributed by atoms with E-state index in [2.05, 4.69) is 5.32 Å². The molecular formula is C21H18N4O6S. The normalized spacial score (nSPS) is 10.9. The molecule has 3 aromatic rings. The number of primary amides is 1. The molecule has 0 heterocycles. The molecule has 0 spiro atoms. The predicted molar refractivity (Wildman–Crippen MR) is 118 cm³/mol. The summed E-state index contributed by atoms with van der Waals surface area (Å²) in [7, 11) is -4.21. The van der Waals surface area contributed by atoms with Gasteiger partial charge in [0.05, 0.1) is 15.5 Å². The van der Waals surface area contributed by atoms with Gasteiger partial charge in [-0.3, -0.25) is 24.0 Å². The van der Waals surface area contributed by atoms with E-state index >= 15 is 0 Å². The zero-order valence-electron chi connectivity index (χ0n) is 16.5. The minimum Gasteiger partial charge on any atom is -0.366 e. The Morgan fingerprint density at radius 3 is 2.22 bits per heavy atom. The average Bonchev–Trinajstić information content (AvgIpc) is 2.78. The van der Waals surface area contributed by atoms with Crippen LogP contribution in [0, 0.1) is 10.1 Å². The van der Waals surface area contributed by atoms with Gasteiger partial charge < -0.3 is 11.1 Å². The fourth-order valence-corrected chi connectivity index (χ4v) is 4.28. The molecule has 3 aromatic carbocycles. The number of rotatable bonds is 8. The zero-order chi connectivity index (χ0) is 23.3. The standard InChI is InChI=1S/C21H18N4O6S/c22-21(27)15-9-11-16(12-10-15)23-20(26)14-24(17-5-4-6-18(13-17)25(28)29)32(30,31)19-7-2-1-3-8-19/h1-13H,14H2,(H2,22,27)(H,23,26). The number of nitro groups is 1. The second-order valence-electron chi connectivity index (χ2n) is 6.59. The summed E-state index contributed by atoms with van der Waals surface area (Å²) in [5, 5.41) is 13.7. The number of benzene rings is 3. The van der Waals surface area contributed by atoms with Gasteiger partial charge in [-0.1, -0.05) is 24.3 Å². The highest BCUT2D eigenvalue weighted by Gasteiger charge is 2.28. The van der Waals surface area contributed by atoms with Crippen LogP contribution in [-0.4, -0.2) is 31.7 Å². The molecule has 3 N–H and O–H groups in total. The molecule has 0 saturated heterocycles. The van der Waals surface area contributed by atoms with Crippen molar-refractivity contribution in [3.63, 3.8) is 0 Å². The molecule has 0 fully saturated rings. The third-order valence-corrected chi connectivity index (χ3v) is 6.19. The maximum absolute atomic E-state index is 13.2. The number of anilines is 2. The highest BCUT2D eigenvalue weighted by atomic mass is 32.2. The highest BCUT2D eigenvalue weighted by Crippen LogP contribution is 2.27. The van der Waals surface area contributed by atoms with E-state index in [0.717, 1.165) is 10.4 Å². The molecule has 3 rings (SSSR count). The number of non-ortho nitro benzene ring substituents is 1. The molecular weight excluding hydrogens is 436 g/mol. The minimum absolute atomic E-state index is 0.0396. The Morgan fingerprint density at radius 2 is 1.62 bits per heavy atom. The molecule has 164 valence electrons. The Kier molecular flexibility index (Phi) is 6.50. The van der Waals surface area contributed by atoms with Crippen LogP contribution in [0.4, 0.5) is 17.1 Å². The third-order valence-electron chi connectivity index (χ3n) is 4.40. The molecule has 0 aliphatic rings. The summed E-state index contributed by atoms with van der Waals surface area (Å²) in [5.74, 6) is -1.32. The van der Waals surface area contributed by atoms with Gasteiger partial charge in [0.25, 0.3) is 15.7 Å². The highest BCUT2D eigenvalue weighted by molar-refractivity contribution is 7.92. The number of nitrogens with zero attached hydrogens (tertiary/aromatic N) is 2. The zero-order valence-corrected chi connectivity index (χ0v) is 17.4. The minimum atomic E-state index is -4.21. The number of carbonyl (C=O) groups excluding carboxylic acids is 2. The van der Waals surface area contributed by atoms with Crippen molar-refractivity contribution in [2.75, 3.05) is 16.2 Å². The summed E-state index contributed by atoms with van der Waals surface area (Å²) in [5.41, 5.74) is 5.38. The lowest BCUT2D eigenvalue weighted by molar-refractivity contribution is -0.384. The van der Waals surface area contributed by atoms with Gasteiger partial charge in [0, 0.05) is 23.4 Å². The van der Waals surface area contributed by atoms with Gasteiger partial charge in [0.15, 0.2) is 0 Å². The van der Waals surface area contributed by atoms with Crippen molar-refractivity contribution in [2.45, 2.75) is 4.90 Å². The quantitative estimate of drug-likeness (QED) is 0.394. The number of amides is 2. The Balaban J connectivity index is 1.94. The van der Waals surface area contributed by atoms with Crippen molar-refractivity contribution in [1.29, 1.82) is 0 Å². The molecule has 0 radical (unpaired) electrons. The molecule has 10 nitrogen and oxygen atoms in total. The molecule has 11 heteroatoms. The van der Waals surface area contributed by atoms with Gasteiger partial charge in [-0.05, 0) is 42.5 Å². The Morgan fingerprint density at radius 1 is 0.969 bits per heavy atom. The first-order valence-corrected chi connectivity index (χ1v) is 10.6. The Bertz CT molecular complexity index is 1260. The van der Waals surface area contributed by atoms with E-state index in [1.54, 1.807) is 6.07 Å². The average molecular weight is 454 g/mol. The third kappa shape index (κ3) is 5.08. The van der Waals surface area contributed by atoms with Gasteiger partial charge in [-0.25, -0.2) is 8.42 Å². The molecule has 32 heavy (non-hydrogen) atoms. The molecule has 0 bridgehead atoms. The number of nitrogens with two attached hydrogens (primary N) is 1. The van der Waals surface area contributed by atoms with E-state index in [9.17, 15) is 28.1 Å². The van der Waals surface area contributed by atoms with Crippen LogP contribution in [0.5, 0.6) is 0 Å². The lowest BCUT2D eigenvalue weighted by atomic mass is 10.2. The van der Waals surface area contributed by atoms with E-state index in [-0.39, 0.29) is 21.8 Å². The van der Waals surface area contributed by atoms with Crippen LogP contribution in [-0.2, 0) is 14.8 Å². The summed E-state index contributed by atoms with van der Waals surface area (Å²) < 4.78 is 27.3. The van der Waals surface area contributed by atoms with Gasteiger partial charge in [0.2, 0.25) is 11.8 Å². The largest absolute Gasteiger partial charge is 0.366 e. The number of nitrogens with one attached hydrogen (secondary N) is 1. The van der Waals surface area contributed by atoms with Crippen LogP contribution in [0.15, 0.2) is 83.8 Å². The van der Waals surface area contributed by atoms with Crippen LogP contribution in [0.1, 0.15) is 10.4 Å². The van der Waals surface area contributed by atoms with Crippen molar-refractivity contribution in [3.8, 4) is 0 Å². The first-order valence-electron chi connectivity index (χ1n) is 9.20. The fourth-order valence-electron chi connectivity index (χ4n) is 2.85. The van der Waals surface area contributed by atoms with Crippen LogP contribution < -0.4 is 15.4 Å². The first kappa shape index (κ1) is 22.4. The van der Waals surface area contributed by atoms with E-state index in [4.69, 9.17) is 5.73 Å². The summed E-state index contributed by atoms with van der Waals surface area (Å²) in [6.07, 6.45) is 0. The second-order valence-corrected chi connectivity index (χ2v) is 8.45. The van der Waals surface area contributed by atoms with Crippen LogP contribution in [0.3, 0.4) is 0 Å². The number of nitro benzene ring substituents is 1. The Labute approximate surface area is 183 Å². The molecule has 0 aliphatic carbocycles. The van der Waals surface area contributed by atoms with Gasteiger partial charge in [-0.15, -0.1) is 0 Å². The molecule has 0 atom stereocenters. The number of hydrogen-bond donors (Lipinski definition) is 2. The predicted octanol–water partition coefficient (Wildman–Crippen LogP) is 2.53. The van der Waals surface area contributed by atoms with Crippen molar-refractivity contribution in [1.82, 2.24) is 0 Å². The van der Waals surface area contributed by atoms with Crippen LogP contribution in [0.25, 0.3) is 0 Å². The van der Waals surface area contributed by atoms with Gasteiger partial charge in [0.1, 0.15) is 6.54 Å². The number of hydrogen-bond acceptors (Lipinski definition) is 6. The number of carbonyl (C=O) groups is 2. The fraction of sp³-hybridized carbons (Fsp3) is 0.0476. The molecule has 0 aliphatic heterocycles. The smallest absolute Gasteiger partial charge is 0.271 e. The van der Waals surface area contributed by atoms with Gasteiger partial charge in [-0.2, -0.15) is 0 Å². The van der Waals surface area contributed by atoms with Crippen LogP contribution in [0.2, 0.25) is 0 Å². The monoisotopic (exact) mass is 454 g/mol. The maximum Gasteiger partial charge on any atom is 0.271 e. The van der Waals surface area contributed by atoms with E-state index in [1.165, 1.54) is 66.7 Å². The first-order chi connectivity index (χ1) is 15.2. The topological polar surface area (TPSA) is 153 Å². The van der Waals surface area contributed by atoms with Crippen molar-refractivity contribution < 1.29 is 22.9 Å². The second kappa shape index (κ2) is 9.27. The van der Waals surface area contributed by atoms with E-state index in [0.29, 0.717) is 5.69 Å². The summed E-state index contributed by atoms with van der Waals surface area (Å²) in [6.45, 7) is -0.643. The maximum atomic E-state index is 13.2. The van der Waals surface area contributed by atoms with Crippen molar-refractivity contribution in [2.24, 2.45) is 5.73 Å². The van der Waals surface area contributed by atoms with E-state index in [1.807, 2.05) is 0 Å². The Hall–Kier alpha value is -4.25. The lowest BCUT2D eigenvalue weighted by Crippen LogP contribution is -2.38. The van der Waals surface area contributed by atoms with Crippen molar-refractivity contribution >= 4 is 38.9 Å². The molecule has 0 unspecified atom stereocenters. The SMILES string of the molecule is NC(=O)c1ccc(NC(=O)CN(c2cccc([N+](=O)[O-])c2)S(=O)(=O)c2ccccc2)cc1. The summed E-state index contributed by atoms with van der Waals surface area (Å²) in [6, 6.07) is 18.1.